The summed E-state index contributed by atoms with van der Waals surface area (Å²) in [5.41, 5.74) is 3.80. The Morgan fingerprint density at radius 1 is 1.16 bits per heavy atom. The summed E-state index contributed by atoms with van der Waals surface area (Å²) in [4.78, 5) is 22.4. The summed E-state index contributed by atoms with van der Waals surface area (Å²) in [5.74, 6) is -0.0124. The molecule has 2 aromatic heterocycles. The minimum Gasteiger partial charge on any atom is -0.363 e. The normalized spacial score (nSPS) is 10.6. The standard InChI is InChI=1S/C20H20ClN3O/c1-15-9-12-23-19(15)14-24(13-10-18-4-2-3-11-22-18)20(25)16-5-7-17(21)8-6-16/h2-9,11-12,23H,10,13-14H2,1H3. The number of benzene rings is 1. The van der Waals surface area contributed by atoms with Gasteiger partial charge in [0.2, 0.25) is 0 Å². The molecule has 0 aliphatic heterocycles. The van der Waals surface area contributed by atoms with Crippen LogP contribution >= 0.6 is 11.6 Å². The molecule has 0 spiro atoms. The molecule has 0 aliphatic carbocycles. The SMILES string of the molecule is Cc1cc[nH]c1CN(CCc1ccccn1)C(=O)c1ccc(Cl)cc1. The quantitative estimate of drug-likeness (QED) is 0.720. The molecule has 0 unspecified atom stereocenters. The first-order valence-corrected chi connectivity index (χ1v) is 8.59. The summed E-state index contributed by atoms with van der Waals surface area (Å²) < 4.78 is 0. The van der Waals surface area contributed by atoms with Crippen molar-refractivity contribution in [2.45, 2.75) is 19.9 Å². The maximum Gasteiger partial charge on any atom is 0.254 e. The number of H-pyrrole nitrogens is 1. The van der Waals surface area contributed by atoms with Gasteiger partial charge in [0.05, 0.1) is 6.54 Å². The summed E-state index contributed by atoms with van der Waals surface area (Å²) >= 11 is 5.93. The summed E-state index contributed by atoms with van der Waals surface area (Å²) in [6.45, 7) is 3.17. The highest BCUT2D eigenvalue weighted by Gasteiger charge is 2.17. The predicted molar refractivity (Wildman–Crippen MR) is 99.7 cm³/mol. The smallest absolute Gasteiger partial charge is 0.254 e. The second-order valence-electron chi connectivity index (χ2n) is 5.94. The number of pyridine rings is 1. The second-order valence-corrected chi connectivity index (χ2v) is 6.38. The Morgan fingerprint density at radius 3 is 2.60 bits per heavy atom. The fourth-order valence-electron chi connectivity index (χ4n) is 2.67. The number of hydrogen-bond acceptors (Lipinski definition) is 2. The Hall–Kier alpha value is -2.59. The highest BCUT2D eigenvalue weighted by Crippen LogP contribution is 2.15. The maximum atomic E-state index is 13.0. The van der Waals surface area contributed by atoms with Gasteiger partial charge in [-0.15, -0.1) is 0 Å². The largest absolute Gasteiger partial charge is 0.363 e. The topological polar surface area (TPSA) is 49.0 Å². The van der Waals surface area contributed by atoms with Gasteiger partial charge >= 0.3 is 0 Å². The second kappa shape index (κ2) is 7.99. The summed E-state index contributed by atoms with van der Waals surface area (Å²) in [6, 6.07) is 14.9. The molecule has 0 aliphatic rings. The zero-order valence-corrected chi connectivity index (χ0v) is 14.8. The lowest BCUT2D eigenvalue weighted by molar-refractivity contribution is 0.0742. The van der Waals surface area contributed by atoms with E-state index >= 15 is 0 Å². The number of carbonyl (C=O) groups excluding carboxylic acids is 1. The number of nitrogens with zero attached hydrogens (tertiary/aromatic N) is 2. The molecule has 0 radical (unpaired) electrons. The van der Waals surface area contributed by atoms with Crippen LogP contribution in [0.2, 0.25) is 5.02 Å². The summed E-state index contributed by atoms with van der Waals surface area (Å²) in [7, 11) is 0. The van der Waals surface area contributed by atoms with Gasteiger partial charge in [-0.2, -0.15) is 0 Å². The van der Waals surface area contributed by atoms with Crippen LogP contribution in [-0.2, 0) is 13.0 Å². The van der Waals surface area contributed by atoms with Crippen molar-refractivity contribution >= 4 is 17.5 Å². The number of halogens is 1. The fraction of sp³-hybridized carbons (Fsp3) is 0.200. The van der Waals surface area contributed by atoms with Crippen molar-refractivity contribution in [2.75, 3.05) is 6.54 Å². The third-order valence-electron chi connectivity index (χ3n) is 4.16. The molecule has 0 saturated heterocycles. The number of nitrogens with one attached hydrogen (secondary N) is 1. The Morgan fingerprint density at radius 2 is 1.96 bits per heavy atom. The maximum absolute atomic E-state index is 13.0. The van der Waals surface area contributed by atoms with E-state index in [1.165, 1.54) is 0 Å². The van der Waals surface area contributed by atoms with E-state index in [1.807, 2.05) is 42.3 Å². The van der Waals surface area contributed by atoms with Crippen molar-refractivity contribution in [3.63, 3.8) is 0 Å². The van der Waals surface area contributed by atoms with Crippen LogP contribution < -0.4 is 0 Å². The van der Waals surface area contributed by atoms with E-state index in [1.54, 1.807) is 30.5 Å². The first kappa shape index (κ1) is 17.2. The van der Waals surface area contributed by atoms with E-state index in [-0.39, 0.29) is 5.91 Å². The van der Waals surface area contributed by atoms with Gasteiger partial charge in [0.1, 0.15) is 0 Å². The molecular weight excluding hydrogens is 334 g/mol. The van der Waals surface area contributed by atoms with Gasteiger partial charge in [0.25, 0.3) is 5.91 Å². The van der Waals surface area contributed by atoms with Crippen LogP contribution in [0.5, 0.6) is 0 Å². The lowest BCUT2D eigenvalue weighted by Gasteiger charge is -2.23. The van der Waals surface area contributed by atoms with E-state index in [0.29, 0.717) is 30.1 Å². The number of aryl methyl sites for hydroxylation is 1. The monoisotopic (exact) mass is 353 g/mol. The zero-order valence-electron chi connectivity index (χ0n) is 14.1. The van der Waals surface area contributed by atoms with Crippen LogP contribution in [-0.4, -0.2) is 27.3 Å². The first-order chi connectivity index (χ1) is 12.1. The minimum absolute atomic E-state index is 0.0124. The Bertz CT molecular complexity index is 828. The van der Waals surface area contributed by atoms with Gasteiger partial charge in [-0.05, 0) is 55.0 Å². The van der Waals surface area contributed by atoms with Gasteiger partial charge in [-0.3, -0.25) is 9.78 Å². The lowest BCUT2D eigenvalue weighted by atomic mass is 10.1. The highest BCUT2D eigenvalue weighted by molar-refractivity contribution is 6.30. The van der Waals surface area contributed by atoms with Crippen molar-refractivity contribution in [3.8, 4) is 0 Å². The average molecular weight is 354 g/mol. The lowest BCUT2D eigenvalue weighted by Crippen LogP contribution is -2.33. The van der Waals surface area contributed by atoms with E-state index < -0.39 is 0 Å². The van der Waals surface area contributed by atoms with Crippen LogP contribution in [0, 0.1) is 6.92 Å². The molecule has 0 atom stereocenters. The zero-order chi connectivity index (χ0) is 17.6. The predicted octanol–water partition coefficient (Wildman–Crippen LogP) is 4.26. The van der Waals surface area contributed by atoms with E-state index in [9.17, 15) is 4.79 Å². The summed E-state index contributed by atoms with van der Waals surface area (Å²) in [6.07, 6.45) is 4.38. The van der Waals surface area contributed by atoms with Gasteiger partial charge < -0.3 is 9.88 Å². The number of hydrogen-bond donors (Lipinski definition) is 1. The van der Waals surface area contributed by atoms with Crippen molar-refractivity contribution in [2.24, 2.45) is 0 Å². The van der Waals surface area contributed by atoms with E-state index in [4.69, 9.17) is 11.6 Å². The van der Waals surface area contributed by atoms with Crippen LogP contribution in [0.25, 0.3) is 0 Å². The molecule has 5 heteroatoms. The van der Waals surface area contributed by atoms with Gasteiger partial charge in [0, 0.05) is 47.3 Å². The molecule has 1 N–H and O–H groups in total. The molecule has 3 rings (SSSR count). The molecule has 0 fully saturated rings. The number of aromatic amines is 1. The number of amides is 1. The summed E-state index contributed by atoms with van der Waals surface area (Å²) in [5, 5.41) is 0.622. The van der Waals surface area contributed by atoms with Crippen molar-refractivity contribution < 1.29 is 4.79 Å². The van der Waals surface area contributed by atoms with Crippen molar-refractivity contribution in [1.82, 2.24) is 14.9 Å². The molecule has 25 heavy (non-hydrogen) atoms. The van der Waals surface area contributed by atoms with Crippen molar-refractivity contribution in [1.29, 1.82) is 0 Å². The Balaban J connectivity index is 1.79. The van der Waals surface area contributed by atoms with Crippen LogP contribution in [0.1, 0.15) is 27.3 Å². The first-order valence-electron chi connectivity index (χ1n) is 8.21. The van der Waals surface area contributed by atoms with Crippen molar-refractivity contribution in [3.05, 3.63) is 88.5 Å². The number of carbonyl (C=O) groups is 1. The number of rotatable bonds is 6. The fourth-order valence-corrected chi connectivity index (χ4v) is 2.79. The minimum atomic E-state index is -0.0124. The van der Waals surface area contributed by atoms with Crippen LogP contribution in [0.4, 0.5) is 0 Å². The molecule has 0 saturated carbocycles. The molecule has 1 aromatic carbocycles. The van der Waals surface area contributed by atoms with Gasteiger partial charge in [0.15, 0.2) is 0 Å². The number of aromatic nitrogens is 2. The van der Waals surface area contributed by atoms with Crippen LogP contribution in [0.3, 0.4) is 0 Å². The third-order valence-corrected chi connectivity index (χ3v) is 4.41. The Labute approximate surface area is 152 Å². The molecule has 128 valence electrons. The molecule has 1 amide bonds. The highest BCUT2D eigenvalue weighted by atomic mass is 35.5. The molecule has 3 aromatic rings. The average Bonchev–Trinajstić information content (AvgIpc) is 3.04. The van der Waals surface area contributed by atoms with E-state index in [0.717, 1.165) is 17.0 Å². The molecule has 4 nitrogen and oxygen atoms in total. The van der Waals surface area contributed by atoms with Crippen LogP contribution in [0.15, 0.2) is 60.9 Å². The Kier molecular flexibility index (Phi) is 5.51. The molecule has 2 heterocycles. The van der Waals surface area contributed by atoms with E-state index in [2.05, 4.69) is 9.97 Å². The molecule has 0 bridgehead atoms. The van der Waals surface area contributed by atoms with Gasteiger partial charge in [-0.25, -0.2) is 0 Å². The molecular formula is C20H20ClN3O. The van der Waals surface area contributed by atoms with Gasteiger partial charge in [-0.1, -0.05) is 17.7 Å². The third kappa shape index (κ3) is 4.48.